The Hall–Kier alpha value is -1.19. The lowest BCUT2D eigenvalue weighted by molar-refractivity contribution is 0.925. The first kappa shape index (κ1) is 13.8. The number of alkyl halides is 1. The fourth-order valence-corrected chi connectivity index (χ4v) is 4.41. The van der Waals surface area contributed by atoms with Crippen LogP contribution < -0.4 is 0 Å². The minimum Gasteiger partial charge on any atom is -0.241 e. The van der Waals surface area contributed by atoms with Crippen LogP contribution in [0.4, 0.5) is 0 Å². The first-order valence-corrected chi connectivity index (χ1v) is 8.43. The van der Waals surface area contributed by atoms with Crippen LogP contribution in [0, 0.1) is 13.8 Å². The van der Waals surface area contributed by atoms with Crippen LogP contribution in [0.3, 0.4) is 0 Å². The van der Waals surface area contributed by atoms with Gasteiger partial charge in [0.2, 0.25) is 0 Å². The number of hydrogen-bond acceptors (Lipinski definition) is 2. The lowest BCUT2D eigenvalue weighted by Gasteiger charge is -2.13. The summed E-state index contributed by atoms with van der Waals surface area (Å²) in [4.78, 5) is 5.04. The van der Waals surface area contributed by atoms with E-state index in [1.54, 1.807) is 11.3 Å². The average Bonchev–Trinajstić information content (AvgIpc) is 2.83. The summed E-state index contributed by atoms with van der Waals surface area (Å²) in [5.74, 6) is 0. The van der Waals surface area contributed by atoms with E-state index in [1.807, 2.05) is 6.07 Å². The summed E-state index contributed by atoms with van der Waals surface area (Å²) < 4.78 is 1.27. The summed E-state index contributed by atoms with van der Waals surface area (Å²) in [5, 5.41) is 1.19. The van der Waals surface area contributed by atoms with Gasteiger partial charge in [-0.3, -0.25) is 0 Å². The first-order chi connectivity index (χ1) is 9.65. The molecule has 1 atom stereocenters. The average molecular weight is 346 g/mol. The van der Waals surface area contributed by atoms with Crippen LogP contribution in [0.1, 0.15) is 26.5 Å². The van der Waals surface area contributed by atoms with Crippen molar-refractivity contribution in [3.05, 3.63) is 64.2 Å². The van der Waals surface area contributed by atoms with Crippen molar-refractivity contribution >= 4 is 37.5 Å². The summed E-state index contributed by atoms with van der Waals surface area (Å²) >= 11 is 5.62. The molecule has 0 spiro atoms. The van der Waals surface area contributed by atoms with Crippen molar-refractivity contribution in [3.63, 3.8) is 0 Å². The van der Waals surface area contributed by atoms with Gasteiger partial charge in [-0.05, 0) is 42.7 Å². The van der Waals surface area contributed by atoms with Gasteiger partial charge in [-0.25, -0.2) is 4.98 Å². The Morgan fingerprint density at radius 1 is 1.10 bits per heavy atom. The largest absolute Gasteiger partial charge is 0.241 e. The molecule has 0 bridgehead atoms. The zero-order chi connectivity index (χ0) is 14.1. The van der Waals surface area contributed by atoms with E-state index < -0.39 is 0 Å². The van der Waals surface area contributed by atoms with Gasteiger partial charge >= 0.3 is 0 Å². The molecule has 0 aliphatic carbocycles. The minimum atomic E-state index is 0.322. The molecule has 0 N–H and O–H groups in total. The van der Waals surface area contributed by atoms with E-state index in [2.05, 4.69) is 66.2 Å². The van der Waals surface area contributed by atoms with Crippen LogP contribution >= 0.6 is 27.3 Å². The molecule has 1 heterocycles. The van der Waals surface area contributed by atoms with Gasteiger partial charge < -0.3 is 0 Å². The fourth-order valence-electron chi connectivity index (χ4n) is 2.38. The van der Waals surface area contributed by atoms with E-state index in [0.717, 1.165) is 11.9 Å². The summed E-state index contributed by atoms with van der Waals surface area (Å²) in [7, 11) is 0. The smallest absolute Gasteiger partial charge is 0.0953 e. The first-order valence-electron chi connectivity index (χ1n) is 6.70. The fraction of sp³-hybridized carbons (Fsp3) is 0.235. The number of benzene rings is 2. The molecule has 3 rings (SSSR count). The molecule has 0 aliphatic heterocycles. The Labute approximate surface area is 131 Å². The second-order valence-corrected chi connectivity index (χ2v) is 7.26. The van der Waals surface area contributed by atoms with Crippen LogP contribution in [0.5, 0.6) is 0 Å². The Kier molecular flexibility index (Phi) is 3.90. The van der Waals surface area contributed by atoms with Crippen molar-refractivity contribution in [1.82, 2.24) is 4.98 Å². The minimum absolute atomic E-state index is 0.322. The number of nitrogens with zero attached hydrogens (tertiary/aromatic N) is 1. The van der Waals surface area contributed by atoms with Crippen LogP contribution in [0.15, 0.2) is 42.5 Å². The van der Waals surface area contributed by atoms with Crippen LogP contribution in [0.25, 0.3) is 10.2 Å². The van der Waals surface area contributed by atoms with E-state index in [1.165, 1.54) is 26.4 Å². The highest BCUT2D eigenvalue weighted by Gasteiger charge is 2.14. The van der Waals surface area contributed by atoms with E-state index in [0.29, 0.717) is 4.83 Å². The van der Waals surface area contributed by atoms with Crippen molar-refractivity contribution < 1.29 is 0 Å². The van der Waals surface area contributed by atoms with Gasteiger partial charge in [-0.1, -0.05) is 46.3 Å². The Morgan fingerprint density at radius 2 is 1.90 bits per heavy atom. The predicted molar refractivity (Wildman–Crippen MR) is 90.9 cm³/mol. The quantitative estimate of drug-likeness (QED) is 0.563. The molecule has 1 nitrogen and oxygen atoms in total. The van der Waals surface area contributed by atoms with Crippen molar-refractivity contribution in [2.75, 3.05) is 0 Å². The number of halogens is 1. The molecule has 2 aromatic carbocycles. The Bertz CT molecular complexity index is 715. The highest BCUT2D eigenvalue weighted by Crippen LogP contribution is 2.33. The van der Waals surface area contributed by atoms with E-state index >= 15 is 0 Å². The number of fused-ring (bicyclic) bond motifs is 1. The molecule has 1 unspecified atom stereocenters. The summed E-state index contributed by atoms with van der Waals surface area (Å²) in [6.07, 6.45) is 0.934. The molecule has 0 aliphatic rings. The number of thiazole rings is 1. The maximum absolute atomic E-state index is 4.72. The molecule has 20 heavy (non-hydrogen) atoms. The SMILES string of the molecule is Cc1cccc(C(Br)Cc2nc3ccccc3s2)c1C. The topological polar surface area (TPSA) is 12.9 Å². The van der Waals surface area contributed by atoms with Gasteiger partial charge in [0.15, 0.2) is 0 Å². The van der Waals surface area contributed by atoms with Crippen molar-refractivity contribution in [1.29, 1.82) is 0 Å². The van der Waals surface area contributed by atoms with E-state index in [-0.39, 0.29) is 0 Å². The molecule has 0 saturated heterocycles. The third-order valence-corrected chi connectivity index (χ3v) is 5.55. The number of para-hydroxylation sites is 1. The Balaban J connectivity index is 1.88. The van der Waals surface area contributed by atoms with Crippen molar-refractivity contribution in [3.8, 4) is 0 Å². The molecule has 1 aromatic heterocycles. The van der Waals surface area contributed by atoms with Gasteiger partial charge in [0, 0.05) is 11.2 Å². The normalized spacial score (nSPS) is 12.8. The molecule has 0 radical (unpaired) electrons. The third kappa shape index (κ3) is 2.65. The van der Waals surface area contributed by atoms with Gasteiger partial charge in [-0.2, -0.15) is 0 Å². The number of rotatable bonds is 3. The maximum atomic E-state index is 4.72. The molecular weight excluding hydrogens is 330 g/mol. The zero-order valence-electron chi connectivity index (χ0n) is 11.6. The van der Waals surface area contributed by atoms with Gasteiger partial charge in [0.05, 0.1) is 15.2 Å². The lowest BCUT2D eigenvalue weighted by atomic mass is 10.00. The summed E-state index contributed by atoms with van der Waals surface area (Å²) in [6, 6.07) is 14.8. The highest BCUT2D eigenvalue weighted by molar-refractivity contribution is 9.09. The summed E-state index contributed by atoms with van der Waals surface area (Å²) in [6.45, 7) is 4.35. The number of aryl methyl sites for hydroxylation is 1. The molecule has 0 saturated carbocycles. The molecular formula is C17H16BrNS. The molecule has 102 valence electrons. The zero-order valence-corrected chi connectivity index (χ0v) is 14.0. The van der Waals surface area contributed by atoms with Gasteiger partial charge in [0.25, 0.3) is 0 Å². The van der Waals surface area contributed by atoms with E-state index in [9.17, 15) is 0 Å². The second kappa shape index (κ2) is 5.66. The summed E-state index contributed by atoms with van der Waals surface area (Å²) in [5.41, 5.74) is 5.18. The van der Waals surface area contributed by atoms with Crippen LogP contribution in [0.2, 0.25) is 0 Å². The number of hydrogen-bond donors (Lipinski definition) is 0. The predicted octanol–water partition coefficient (Wildman–Crippen LogP) is 5.59. The van der Waals surface area contributed by atoms with Gasteiger partial charge in [-0.15, -0.1) is 11.3 Å². The molecule has 0 fully saturated rings. The highest BCUT2D eigenvalue weighted by atomic mass is 79.9. The number of aromatic nitrogens is 1. The monoisotopic (exact) mass is 345 g/mol. The Morgan fingerprint density at radius 3 is 2.70 bits per heavy atom. The maximum Gasteiger partial charge on any atom is 0.0953 e. The lowest BCUT2D eigenvalue weighted by Crippen LogP contribution is -1.99. The van der Waals surface area contributed by atoms with Crippen molar-refractivity contribution in [2.45, 2.75) is 25.1 Å². The van der Waals surface area contributed by atoms with Crippen LogP contribution in [-0.4, -0.2) is 4.98 Å². The van der Waals surface area contributed by atoms with Crippen LogP contribution in [-0.2, 0) is 6.42 Å². The molecule has 3 heteroatoms. The second-order valence-electron chi connectivity index (χ2n) is 5.04. The standard InChI is InChI=1S/C17H16BrNS/c1-11-6-5-7-13(12(11)2)14(18)10-17-19-15-8-3-4-9-16(15)20-17/h3-9,14H,10H2,1-2H3. The molecule has 3 aromatic rings. The molecule has 0 amide bonds. The van der Waals surface area contributed by atoms with Gasteiger partial charge in [0.1, 0.15) is 0 Å². The van der Waals surface area contributed by atoms with E-state index in [4.69, 9.17) is 4.98 Å². The van der Waals surface area contributed by atoms with Crippen molar-refractivity contribution in [2.24, 2.45) is 0 Å². The third-order valence-electron chi connectivity index (χ3n) is 3.68.